The van der Waals surface area contributed by atoms with Gasteiger partial charge in [-0.2, -0.15) is 0 Å². The second-order valence-corrected chi connectivity index (χ2v) is 6.93. The number of carbonyl (C=O) groups excluding carboxylic acids is 2. The van der Waals surface area contributed by atoms with E-state index in [1.165, 1.54) is 0 Å². The molecule has 0 aliphatic carbocycles. The van der Waals surface area contributed by atoms with E-state index in [1.807, 2.05) is 10.8 Å². The molecule has 2 amide bonds. The van der Waals surface area contributed by atoms with Gasteiger partial charge in [0.05, 0.1) is 13.7 Å². The number of imidazole rings is 1. The molecule has 0 bridgehead atoms. The number of piperidine rings is 1. The first-order chi connectivity index (χ1) is 13.0. The van der Waals surface area contributed by atoms with Crippen LogP contribution in [-0.4, -0.2) is 52.6 Å². The van der Waals surface area contributed by atoms with Crippen molar-refractivity contribution < 1.29 is 19.1 Å². The average Bonchev–Trinajstić information content (AvgIpc) is 3.18. The van der Waals surface area contributed by atoms with Crippen molar-refractivity contribution in [2.24, 2.45) is 5.73 Å². The van der Waals surface area contributed by atoms with Crippen LogP contribution in [0.4, 0.5) is 0 Å². The number of nitrogens with two attached hydrogens (primary N) is 1. The molecule has 2 aliphatic rings. The topological polar surface area (TPSA) is 99.7 Å². The van der Waals surface area contributed by atoms with Crippen LogP contribution >= 0.6 is 0 Å². The molecule has 1 fully saturated rings. The highest BCUT2D eigenvalue weighted by atomic mass is 16.5. The van der Waals surface area contributed by atoms with Crippen LogP contribution in [-0.2, 0) is 21.7 Å². The van der Waals surface area contributed by atoms with Gasteiger partial charge in [0.15, 0.2) is 6.10 Å². The third kappa shape index (κ3) is 3.06. The van der Waals surface area contributed by atoms with Gasteiger partial charge in [-0.3, -0.25) is 9.59 Å². The van der Waals surface area contributed by atoms with Crippen molar-refractivity contribution in [2.75, 3.05) is 20.2 Å². The molecule has 4 rings (SSSR count). The molecule has 2 aromatic rings. The number of likely N-dealkylation sites (tertiary alicyclic amines) is 1. The first-order valence-electron chi connectivity index (χ1n) is 8.94. The van der Waals surface area contributed by atoms with E-state index in [4.69, 9.17) is 15.2 Å². The maximum absolute atomic E-state index is 12.8. The molecule has 1 aromatic carbocycles. The highest BCUT2D eigenvalue weighted by Gasteiger charge is 2.47. The molecule has 2 N–H and O–H groups in total. The van der Waals surface area contributed by atoms with Crippen LogP contribution in [0.5, 0.6) is 5.75 Å². The van der Waals surface area contributed by atoms with Gasteiger partial charge in [-0.25, -0.2) is 4.98 Å². The normalized spacial score (nSPS) is 20.9. The molecular weight excluding hydrogens is 348 g/mol. The van der Waals surface area contributed by atoms with Gasteiger partial charge in [0.25, 0.3) is 5.91 Å². The average molecular weight is 370 g/mol. The van der Waals surface area contributed by atoms with E-state index < -0.39 is 17.6 Å². The number of fused-ring (bicyclic) bond motifs is 2. The summed E-state index contributed by atoms with van der Waals surface area (Å²) in [5.74, 6) is 1.00. The van der Waals surface area contributed by atoms with E-state index in [0.29, 0.717) is 43.8 Å². The fourth-order valence-electron chi connectivity index (χ4n) is 3.87. The van der Waals surface area contributed by atoms with Crippen LogP contribution in [0.1, 0.15) is 29.0 Å². The zero-order valence-corrected chi connectivity index (χ0v) is 15.1. The lowest BCUT2D eigenvalue weighted by molar-refractivity contribution is -0.169. The highest BCUT2D eigenvalue weighted by Crippen LogP contribution is 2.40. The molecule has 3 heterocycles. The van der Waals surface area contributed by atoms with Crippen molar-refractivity contribution in [3.63, 3.8) is 0 Å². The predicted molar refractivity (Wildman–Crippen MR) is 96.1 cm³/mol. The number of hydrogen-bond acceptors (Lipinski definition) is 5. The first-order valence-corrected chi connectivity index (χ1v) is 8.94. The summed E-state index contributed by atoms with van der Waals surface area (Å²) in [4.78, 5) is 30.7. The molecule has 1 atom stereocenters. The number of carbonyl (C=O) groups is 2. The SMILES string of the molecule is COc1ccc(C(=O)N2CCC3(CC2)O[C@H](C(N)=O)Cn2ccnc23)cc1. The summed E-state index contributed by atoms with van der Waals surface area (Å²) in [6.45, 7) is 1.41. The number of nitrogens with zero attached hydrogens (tertiary/aromatic N) is 3. The maximum atomic E-state index is 12.8. The summed E-state index contributed by atoms with van der Waals surface area (Å²) in [6, 6.07) is 7.07. The van der Waals surface area contributed by atoms with E-state index in [-0.39, 0.29) is 5.91 Å². The summed E-state index contributed by atoms with van der Waals surface area (Å²) >= 11 is 0. The van der Waals surface area contributed by atoms with E-state index in [2.05, 4.69) is 4.98 Å². The highest BCUT2D eigenvalue weighted by molar-refractivity contribution is 5.94. The molecular formula is C19H22N4O4. The van der Waals surface area contributed by atoms with Crippen molar-refractivity contribution in [2.45, 2.75) is 31.1 Å². The number of hydrogen-bond donors (Lipinski definition) is 1. The zero-order chi connectivity index (χ0) is 19.0. The van der Waals surface area contributed by atoms with E-state index >= 15 is 0 Å². The third-order valence-electron chi connectivity index (χ3n) is 5.37. The van der Waals surface area contributed by atoms with Gasteiger partial charge in [-0.05, 0) is 24.3 Å². The second kappa shape index (κ2) is 6.70. The van der Waals surface area contributed by atoms with Gasteiger partial charge in [0.2, 0.25) is 5.91 Å². The Kier molecular flexibility index (Phi) is 4.35. The Balaban J connectivity index is 1.51. The van der Waals surface area contributed by atoms with Gasteiger partial charge in [0, 0.05) is 43.9 Å². The van der Waals surface area contributed by atoms with Crippen molar-refractivity contribution in [3.05, 3.63) is 48.0 Å². The lowest BCUT2D eigenvalue weighted by atomic mass is 9.88. The van der Waals surface area contributed by atoms with Gasteiger partial charge < -0.3 is 24.7 Å². The van der Waals surface area contributed by atoms with Crippen LogP contribution in [0, 0.1) is 0 Å². The van der Waals surface area contributed by atoms with Crippen LogP contribution < -0.4 is 10.5 Å². The van der Waals surface area contributed by atoms with Gasteiger partial charge in [0.1, 0.15) is 17.2 Å². The standard InChI is InChI=1S/C19H22N4O4/c1-26-14-4-2-13(3-5-14)17(25)22-9-6-19(7-10-22)18-21-8-11-23(18)12-15(27-19)16(20)24/h2-5,8,11,15H,6-7,9-10,12H2,1H3,(H2,20,24)/t15-/m0/s1. The quantitative estimate of drug-likeness (QED) is 0.866. The van der Waals surface area contributed by atoms with Gasteiger partial charge >= 0.3 is 0 Å². The van der Waals surface area contributed by atoms with Crippen molar-refractivity contribution in [1.29, 1.82) is 0 Å². The van der Waals surface area contributed by atoms with E-state index in [0.717, 1.165) is 5.82 Å². The number of benzene rings is 1. The number of primary amides is 1. The number of amides is 2. The van der Waals surface area contributed by atoms with Gasteiger partial charge in [-0.15, -0.1) is 0 Å². The van der Waals surface area contributed by atoms with Crippen LogP contribution in [0.2, 0.25) is 0 Å². The molecule has 0 saturated carbocycles. The molecule has 1 saturated heterocycles. The number of rotatable bonds is 3. The number of methoxy groups -OCH3 is 1. The lowest BCUT2D eigenvalue weighted by Gasteiger charge is -2.45. The largest absolute Gasteiger partial charge is 0.497 e. The summed E-state index contributed by atoms with van der Waals surface area (Å²) in [7, 11) is 1.59. The minimum Gasteiger partial charge on any atom is -0.497 e. The lowest BCUT2D eigenvalue weighted by Crippen LogP contribution is -2.54. The summed E-state index contributed by atoms with van der Waals surface area (Å²) < 4.78 is 13.2. The fraction of sp³-hybridized carbons (Fsp3) is 0.421. The van der Waals surface area contributed by atoms with E-state index in [9.17, 15) is 9.59 Å². The molecule has 1 aromatic heterocycles. The Morgan fingerprint density at radius 1 is 1.26 bits per heavy atom. The Hall–Kier alpha value is -2.87. The zero-order valence-electron chi connectivity index (χ0n) is 15.1. The first kappa shape index (κ1) is 17.5. The molecule has 1 spiro atoms. The Labute approximate surface area is 156 Å². The van der Waals surface area contributed by atoms with Gasteiger partial charge in [-0.1, -0.05) is 0 Å². The Bertz CT molecular complexity index is 853. The summed E-state index contributed by atoms with van der Waals surface area (Å²) in [5.41, 5.74) is 5.42. The van der Waals surface area contributed by atoms with Crippen molar-refractivity contribution in [1.82, 2.24) is 14.5 Å². The Morgan fingerprint density at radius 2 is 1.96 bits per heavy atom. The minimum absolute atomic E-state index is 0.0295. The molecule has 142 valence electrons. The smallest absolute Gasteiger partial charge is 0.253 e. The molecule has 8 nitrogen and oxygen atoms in total. The van der Waals surface area contributed by atoms with Crippen LogP contribution in [0.25, 0.3) is 0 Å². The molecule has 8 heteroatoms. The molecule has 0 radical (unpaired) electrons. The Morgan fingerprint density at radius 3 is 2.59 bits per heavy atom. The molecule has 0 unspecified atom stereocenters. The fourth-order valence-corrected chi connectivity index (χ4v) is 3.87. The minimum atomic E-state index is -0.685. The van der Waals surface area contributed by atoms with Crippen LogP contribution in [0.15, 0.2) is 36.7 Å². The molecule has 27 heavy (non-hydrogen) atoms. The summed E-state index contributed by atoms with van der Waals surface area (Å²) in [6.07, 6.45) is 3.99. The third-order valence-corrected chi connectivity index (χ3v) is 5.37. The van der Waals surface area contributed by atoms with Crippen LogP contribution in [0.3, 0.4) is 0 Å². The maximum Gasteiger partial charge on any atom is 0.253 e. The van der Waals surface area contributed by atoms with E-state index in [1.54, 1.807) is 42.5 Å². The molecule has 2 aliphatic heterocycles. The monoisotopic (exact) mass is 370 g/mol. The predicted octanol–water partition coefficient (Wildman–Crippen LogP) is 0.907. The summed E-state index contributed by atoms with van der Waals surface area (Å²) in [5, 5.41) is 0. The second-order valence-electron chi connectivity index (χ2n) is 6.93. The van der Waals surface area contributed by atoms with Crippen molar-refractivity contribution >= 4 is 11.8 Å². The number of ether oxygens (including phenoxy) is 2. The van der Waals surface area contributed by atoms with Crippen molar-refractivity contribution in [3.8, 4) is 5.75 Å². The number of aromatic nitrogens is 2.